The number of benzene rings is 1. The molecule has 1 aromatic carbocycles. The predicted molar refractivity (Wildman–Crippen MR) is 57.7 cm³/mol. The minimum atomic E-state index is -2.27. The average Bonchev–Trinajstić information content (AvgIpc) is 2.08. The van der Waals surface area contributed by atoms with Crippen LogP contribution in [-0.2, 0) is 0 Å². The zero-order valence-electron chi connectivity index (χ0n) is 7.43. The second-order valence-corrected chi connectivity index (χ2v) is 3.70. The van der Waals surface area contributed by atoms with Gasteiger partial charge in [-0.3, -0.25) is 0 Å². The Morgan fingerprint density at radius 3 is 2.71 bits per heavy atom. The molecule has 1 aromatic rings. The zero-order valence-corrected chi connectivity index (χ0v) is 9.02. The van der Waals surface area contributed by atoms with E-state index in [2.05, 4.69) is 21.2 Å². The molecular formula is C9H11BrF2N2. The Labute approximate surface area is 89.6 Å². The largest absolute Gasteiger partial charge is 0.399 e. The van der Waals surface area contributed by atoms with Gasteiger partial charge >= 0.3 is 0 Å². The molecular weight excluding hydrogens is 254 g/mol. The van der Waals surface area contributed by atoms with Crippen LogP contribution in [0.5, 0.6) is 0 Å². The maximum absolute atomic E-state index is 11.8. The summed E-state index contributed by atoms with van der Waals surface area (Å²) >= 11 is 3.28. The van der Waals surface area contributed by atoms with Crippen molar-refractivity contribution in [2.24, 2.45) is 0 Å². The van der Waals surface area contributed by atoms with E-state index < -0.39 is 6.43 Å². The third-order valence-electron chi connectivity index (χ3n) is 1.67. The van der Waals surface area contributed by atoms with Crippen LogP contribution < -0.4 is 11.1 Å². The standard InChI is InChI=1S/C9H11BrF2N2/c10-7-5-6(13)1-2-8(7)14-4-3-9(11)12/h1-2,5,9,14H,3-4,13H2. The molecule has 0 saturated heterocycles. The highest BCUT2D eigenvalue weighted by molar-refractivity contribution is 9.10. The maximum atomic E-state index is 11.8. The molecule has 0 saturated carbocycles. The Bertz CT molecular complexity index is 305. The third-order valence-corrected chi connectivity index (χ3v) is 2.33. The highest BCUT2D eigenvalue weighted by Gasteiger charge is 2.03. The zero-order chi connectivity index (χ0) is 10.6. The molecule has 0 atom stereocenters. The molecule has 0 aliphatic carbocycles. The first-order valence-corrected chi connectivity index (χ1v) is 4.96. The van der Waals surface area contributed by atoms with Crippen LogP contribution in [0.2, 0.25) is 0 Å². The van der Waals surface area contributed by atoms with Crippen LogP contribution >= 0.6 is 15.9 Å². The fourth-order valence-corrected chi connectivity index (χ4v) is 1.53. The quantitative estimate of drug-likeness (QED) is 0.821. The van der Waals surface area contributed by atoms with Crippen LogP contribution in [-0.4, -0.2) is 13.0 Å². The topological polar surface area (TPSA) is 38.0 Å². The second kappa shape index (κ2) is 5.14. The molecule has 0 unspecified atom stereocenters. The van der Waals surface area contributed by atoms with E-state index in [0.717, 1.165) is 10.2 Å². The van der Waals surface area contributed by atoms with Gasteiger partial charge in [-0.15, -0.1) is 0 Å². The van der Waals surface area contributed by atoms with E-state index in [-0.39, 0.29) is 13.0 Å². The van der Waals surface area contributed by atoms with Crippen LogP contribution in [0.1, 0.15) is 6.42 Å². The van der Waals surface area contributed by atoms with E-state index >= 15 is 0 Å². The molecule has 78 valence electrons. The Morgan fingerprint density at radius 1 is 1.43 bits per heavy atom. The fourth-order valence-electron chi connectivity index (χ4n) is 0.991. The van der Waals surface area contributed by atoms with E-state index in [0.29, 0.717) is 5.69 Å². The average molecular weight is 265 g/mol. The molecule has 0 heterocycles. The van der Waals surface area contributed by atoms with E-state index in [1.54, 1.807) is 18.2 Å². The van der Waals surface area contributed by atoms with Crippen molar-refractivity contribution in [1.29, 1.82) is 0 Å². The minimum Gasteiger partial charge on any atom is -0.399 e. The summed E-state index contributed by atoms with van der Waals surface area (Å²) < 4.78 is 24.4. The van der Waals surface area contributed by atoms with Gasteiger partial charge in [0, 0.05) is 28.8 Å². The number of nitrogens with two attached hydrogens (primary N) is 1. The number of alkyl halides is 2. The number of halogens is 3. The number of hydrogen-bond acceptors (Lipinski definition) is 2. The van der Waals surface area contributed by atoms with Crippen LogP contribution in [0.25, 0.3) is 0 Å². The third kappa shape index (κ3) is 3.49. The normalized spacial score (nSPS) is 10.6. The van der Waals surface area contributed by atoms with Gasteiger partial charge in [-0.05, 0) is 34.1 Å². The molecule has 5 heteroatoms. The molecule has 0 radical (unpaired) electrons. The summed E-state index contributed by atoms with van der Waals surface area (Å²) in [6.07, 6.45) is -2.42. The monoisotopic (exact) mass is 264 g/mol. The molecule has 1 rings (SSSR count). The van der Waals surface area contributed by atoms with Gasteiger partial charge in [-0.2, -0.15) is 0 Å². The molecule has 0 amide bonds. The summed E-state index contributed by atoms with van der Waals surface area (Å²) in [7, 11) is 0. The molecule has 0 bridgehead atoms. The summed E-state index contributed by atoms with van der Waals surface area (Å²) in [5.74, 6) is 0. The lowest BCUT2D eigenvalue weighted by molar-refractivity contribution is 0.142. The van der Waals surface area contributed by atoms with Crippen LogP contribution in [0.15, 0.2) is 22.7 Å². The van der Waals surface area contributed by atoms with Gasteiger partial charge in [0.25, 0.3) is 0 Å². The van der Waals surface area contributed by atoms with Crippen molar-refractivity contribution < 1.29 is 8.78 Å². The Hall–Kier alpha value is -0.840. The number of rotatable bonds is 4. The highest BCUT2D eigenvalue weighted by atomic mass is 79.9. The van der Waals surface area contributed by atoms with Gasteiger partial charge in [0.05, 0.1) is 0 Å². The number of anilines is 2. The SMILES string of the molecule is Nc1ccc(NCCC(F)F)c(Br)c1. The van der Waals surface area contributed by atoms with Crippen molar-refractivity contribution in [3.05, 3.63) is 22.7 Å². The first-order valence-electron chi connectivity index (χ1n) is 4.16. The van der Waals surface area contributed by atoms with Crippen molar-refractivity contribution in [3.8, 4) is 0 Å². The van der Waals surface area contributed by atoms with Crippen LogP contribution in [0.3, 0.4) is 0 Å². The van der Waals surface area contributed by atoms with Gasteiger partial charge in [0.1, 0.15) is 0 Å². The number of nitrogen functional groups attached to an aromatic ring is 1. The number of hydrogen-bond donors (Lipinski definition) is 2. The lowest BCUT2D eigenvalue weighted by Gasteiger charge is -2.08. The number of nitrogens with one attached hydrogen (secondary N) is 1. The van der Waals surface area contributed by atoms with Crippen molar-refractivity contribution in [2.45, 2.75) is 12.8 Å². The van der Waals surface area contributed by atoms with Crippen molar-refractivity contribution in [1.82, 2.24) is 0 Å². The van der Waals surface area contributed by atoms with E-state index in [1.807, 2.05) is 0 Å². The molecule has 14 heavy (non-hydrogen) atoms. The van der Waals surface area contributed by atoms with Gasteiger partial charge in [0.2, 0.25) is 6.43 Å². The van der Waals surface area contributed by atoms with Gasteiger partial charge in [-0.1, -0.05) is 0 Å². The van der Waals surface area contributed by atoms with E-state index in [1.165, 1.54) is 0 Å². The molecule has 0 aliphatic rings. The molecule has 0 aromatic heterocycles. The Kier molecular flexibility index (Phi) is 4.13. The summed E-state index contributed by atoms with van der Waals surface area (Å²) in [5, 5.41) is 2.89. The van der Waals surface area contributed by atoms with Gasteiger partial charge in [0.15, 0.2) is 0 Å². The summed E-state index contributed by atoms with van der Waals surface area (Å²) in [5.41, 5.74) is 6.94. The molecule has 0 aliphatic heterocycles. The molecule has 2 nitrogen and oxygen atoms in total. The molecule has 0 spiro atoms. The summed E-state index contributed by atoms with van der Waals surface area (Å²) in [4.78, 5) is 0. The Balaban J connectivity index is 2.51. The fraction of sp³-hybridized carbons (Fsp3) is 0.333. The predicted octanol–water partition coefficient (Wildman–Crippen LogP) is 3.10. The lowest BCUT2D eigenvalue weighted by atomic mass is 10.3. The smallest absolute Gasteiger partial charge is 0.240 e. The van der Waals surface area contributed by atoms with Crippen molar-refractivity contribution in [3.63, 3.8) is 0 Å². The van der Waals surface area contributed by atoms with Gasteiger partial charge < -0.3 is 11.1 Å². The maximum Gasteiger partial charge on any atom is 0.240 e. The highest BCUT2D eigenvalue weighted by Crippen LogP contribution is 2.24. The summed E-state index contributed by atoms with van der Waals surface area (Å²) in [6.45, 7) is 0.250. The first-order chi connectivity index (χ1) is 6.59. The second-order valence-electron chi connectivity index (χ2n) is 2.85. The van der Waals surface area contributed by atoms with Crippen LogP contribution in [0.4, 0.5) is 20.2 Å². The van der Waals surface area contributed by atoms with Crippen molar-refractivity contribution in [2.75, 3.05) is 17.6 Å². The molecule has 3 N–H and O–H groups in total. The first kappa shape index (κ1) is 11.2. The molecule has 0 fully saturated rings. The van der Waals surface area contributed by atoms with E-state index in [9.17, 15) is 8.78 Å². The van der Waals surface area contributed by atoms with E-state index in [4.69, 9.17) is 5.73 Å². The van der Waals surface area contributed by atoms with Crippen molar-refractivity contribution >= 4 is 27.3 Å². The Morgan fingerprint density at radius 2 is 2.14 bits per heavy atom. The van der Waals surface area contributed by atoms with Crippen LogP contribution in [0, 0.1) is 0 Å². The lowest BCUT2D eigenvalue weighted by Crippen LogP contribution is -2.06. The summed E-state index contributed by atoms with van der Waals surface area (Å²) in [6, 6.07) is 5.20. The minimum absolute atomic E-state index is 0.156. The van der Waals surface area contributed by atoms with Gasteiger partial charge in [-0.25, -0.2) is 8.78 Å².